The molecule has 4 heteroatoms. The van der Waals surface area contributed by atoms with Crippen molar-refractivity contribution in [1.82, 2.24) is 10.6 Å². The summed E-state index contributed by atoms with van der Waals surface area (Å²) in [4.78, 5) is 12.0. The summed E-state index contributed by atoms with van der Waals surface area (Å²) in [6, 6.07) is 0.385. The summed E-state index contributed by atoms with van der Waals surface area (Å²) < 4.78 is 0. The van der Waals surface area contributed by atoms with Gasteiger partial charge in [-0.1, -0.05) is 32.6 Å². The highest BCUT2D eigenvalue weighted by molar-refractivity contribution is 5.74. The minimum absolute atomic E-state index is 0.0355. The third kappa shape index (κ3) is 5.17. The highest BCUT2D eigenvalue weighted by atomic mass is 16.2. The predicted octanol–water partition coefficient (Wildman–Crippen LogP) is 3.02. The van der Waals surface area contributed by atoms with Crippen molar-refractivity contribution in [2.75, 3.05) is 13.1 Å². The Morgan fingerprint density at radius 1 is 1.10 bits per heavy atom. The Morgan fingerprint density at radius 2 is 1.81 bits per heavy atom. The first-order valence-corrected chi connectivity index (χ1v) is 8.97. The maximum Gasteiger partial charge on any atom is 0.315 e. The molecule has 2 fully saturated rings. The number of amides is 2. The van der Waals surface area contributed by atoms with E-state index in [1.54, 1.807) is 0 Å². The van der Waals surface area contributed by atoms with Crippen molar-refractivity contribution in [1.29, 1.82) is 0 Å². The molecule has 0 aromatic rings. The van der Waals surface area contributed by atoms with E-state index in [2.05, 4.69) is 17.6 Å². The van der Waals surface area contributed by atoms with E-state index in [1.807, 2.05) is 0 Å². The zero-order valence-corrected chi connectivity index (χ0v) is 13.6. The normalized spacial score (nSPS) is 32.9. The van der Waals surface area contributed by atoms with Crippen molar-refractivity contribution in [3.05, 3.63) is 0 Å². The Balaban J connectivity index is 1.63. The third-order valence-corrected chi connectivity index (χ3v) is 5.52. The van der Waals surface area contributed by atoms with Crippen LogP contribution < -0.4 is 16.4 Å². The summed E-state index contributed by atoms with van der Waals surface area (Å²) in [5.74, 6) is 2.19. The molecule has 0 bridgehead atoms. The number of nitrogens with two attached hydrogens (primary N) is 1. The first-order valence-electron chi connectivity index (χ1n) is 8.97. The lowest BCUT2D eigenvalue weighted by Gasteiger charge is -2.28. The van der Waals surface area contributed by atoms with Crippen LogP contribution in [0.4, 0.5) is 4.79 Å². The van der Waals surface area contributed by atoms with Gasteiger partial charge in [0.2, 0.25) is 0 Å². The van der Waals surface area contributed by atoms with Gasteiger partial charge in [-0.05, 0) is 56.4 Å². The summed E-state index contributed by atoms with van der Waals surface area (Å²) in [6.07, 6.45) is 11.0. The Kier molecular flexibility index (Phi) is 6.81. The molecule has 0 radical (unpaired) electrons. The molecule has 2 aliphatic carbocycles. The first-order chi connectivity index (χ1) is 10.2. The fourth-order valence-electron chi connectivity index (χ4n) is 4.14. The number of hydrogen-bond acceptors (Lipinski definition) is 2. The predicted molar refractivity (Wildman–Crippen MR) is 87.1 cm³/mol. The molecule has 2 saturated carbocycles. The van der Waals surface area contributed by atoms with Crippen LogP contribution in [0, 0.1) is 17.8 Å². The molecule has 0 aromatic heterocycles. The van der Waals surface area contributed by atoms with E-state index >= 15 is 0 Å². The van der Waals surface area contributed by atoms with Crippen LogP contribution in [-0.4, -0.2) is 25.2 Å². The lowest BCUT2D eigenvalue weighted by Crippen LogP contribution is -2.45. The molecule has 4 N–H and O–H groups in total. The van der Waals surface area contributed by atoms with Gasteiger partial charge in [0.1, 0.15) is 0 Å². The van der Waals surface area contributed by atoms with Gasteiger partial charge in [-0.15, -0.1) is 0 Å². The van der Waals surface area contributed by atoms with Crippen LogP contribution in [0.5, 0.6) is 0 Å². The van der Waals surface area contributed by atoms with E-state index in [9.17, 15) is 4.79 Å². The first kappa shape index (κ1) is 16.6. The van der Waals surface area contributed by atoms with E-state index in [4.69, 9.17) is 5.73 Å². The molecule has 2 atom stereocenters. The smallest absolute Gasteiger partial charge is 0.315 e. The van der Waals surface area contributed by atoms with Crippen LogP contribution in [-0.2, 0) is 0 Å². The van der Waals surface area contributed by atoms with Crippen molar-refractivity contribution in [3.63, 3.8) is 0 Å². The van der Waals surface area contributed by atoms with Gasteiger partial charge >= 0.3 is 6.03 Å². The molecular weight excluding hydrogens is 262 g/mol. The highest BCUT2D eigenvalue weighted by Gasteiger charge is 2.27. The molecule has 2 unspecified atom stereocenters. The fraction of sp³-hybridized carbons (Fsp3) is 0.941. The number of rotatable bonds is 6. The van der Waals surface area contributed by atoms with Gasteiger partial charge in [-0.2, -0.15) is 0 Å². The fourth-order valence-corrected chi connectivity index (χ4v) is 4.14. The van der Waals surface area contributed by atoms with Crippen LogP contribution in [0.25, 0.3) is 0 Å². The average molecular weight is 295 g/mol. The molecule has 0 aliphatic heterocycles. The van der Waals surface area contributed by atoms with Crippen LogP contribution in [0.1, 0.15) is 64.7 Å². The van der Waals surface area contributed by atoms with Crippen LogP contribution in [0.3, 0.4) is 0 Å². The summed E-state index contributed by atoms with van der Waals surface area (Å²) in [6.45, 7) is 3.90. The second kappa shape index (κ2) is 8.62. The lowest BCUT2D eigenvalue weighted by molar-refractivity contribution is 0.223. The molecule has 2 amide bonds. The molecule has 2 aliphatic rings. The molecular formula is C17H33N3O. The van der Waals surface area contributed by atoms with Gasteiger partial charge in [-0.3, -0.25) is 0 Å². The van der Waals surface area contributed by atoms with Crippen molar-refractivity contribution in [2.45, 2.75) is 70.8 Å². The largest absolute Gasteiger partial charge is 0.338 e. The Labute approximate surface area is 129 Å². The van der Waals surface area contributed by atoms with E-state index in [0.717, 1.165) is 44.7 Å². The van der Waals surface area contributed by atoms with Gasteiger partial charge in [0.15, 0.2) is 0 Å². The summed E-state index contributed by atoms with van der Waals surface area (Å²) in [5, 5.41) is 6.25. The number of carbonyl (C=O) groups excluding carboxylic acids is 1. The molecule has 0 spiro atoms. The Bertz CT molecular complexity index is 313. The van der Waals surface area contributed by atoms with Gasteiger partial charge < -0.3 is 16.4 Å². The molecule has 0 saturated heterocycles. The van der Waals surface area contributed by atoms with Gasteiger partial charge in [0.05, 0.1) is 0 Å². The number of carbonyl (C=O) groups is 1. The Hall–Kier alpha value is -0.770. The quantitative estimate of drug-likeness (QED) is 0.705. The molecule has 0 heterocycles. The zero-order chi connectivity index (χ0) is 15.1. The van der Waals surface area contributed by atoms with Crippen molar-refractivity contribution < 1.29 is 4.79 Å². The SMILES string of the molecule is CCCC1CCCC1CNC(=O)NC1CCC(CN)CC1. The van der Waals surface area contributed by atoms with Crippen LogP contribution in [0.2, 0.25) is 0 Å². The van der Waals surface area contributed by atoms with E-state index in [1.165, 1.54) is 32.1 Å². The van der Waals surface area contributed by atoms with Crippen LogP contribution >= 0.6 is 0 Å². The zero-order valence-electron chi connectivity index (χ0n) is 13.6. The number of urea groups is 1. The lowest BCUT2D eigenvalue weighted by atomic mass is 9.86. The second-order valence-corrected chi connectivity index (χ2v) is 7.05. The van der Waals surface area contributed by atoms with Gasteiger partial charge in [0.25, 0.3) is 0 Å². The molecule has 0 aromatic carbocycles. The highest BCUT2D eigenvalue weighted by Crippen LogP contribution is 2.34. The maximum atomic E-state index is 12.0. The molecule has 2 rings (SSSR count). The summed E-state index contributed by atoms with van der Waals surface area (Å²) >= 11 is 0. The van der Waals surface area contributed by atoms with Gasteiger partial charge in [-0.25, -0.2) is 4.79 Å². The third-order valence-electron chi connectivity index (χ3n) is 5.52. The van der Waals surface area contributed by atoms with E-state index in [0.29, 0.717) is 17.9 Å². The van der Waals surface area contributed by atoms with Crippen molar-refractivity contribution in [3.8, 4) is 0 Å². The van der Waals surface area contributed by atoms with E-state index in [-0.39, 0.29) is 6.03 Å². The van der Waals surface area contributed by atoms with Crippen molar-refractivity contribution in [2.24, 2.45) is 23.5 Å². The molecule has 4 nitrogen and oxygen atoms in total. The van der Waals surface area contributed by atoms with Gasteiger partial charge in [0, 0.05) is 12.6 Å². The summed E-state index contributed by atoms with van der Waals surface area (Å²) in [5.41, 5.74) is 5.71. The van der Waals surface area contributed by atoms with Crippen molar-refractivity contribution >= 4 is 6.03 Å². The molecule has 21 heavy (non-hydrogen) atoms. The summed E-state index contributed by atoms with van der Waals surface area (Å²) in [7, 11) is 0. The Morgan fingerprint density at radius 3 is 2.48 bits per heavy atom. The minimum atomic E-state index is 0.0355. The minimum Gasteiger partial charge on any atom is -0.338 e. The average Bonchev–Trinajstić information content (AvgIpc) is 2.94. The van der Waals surface area contributed by atoms with E-state index < -0.39 is 0 Å². The maximum absolute atomic E-state index is 12.0. The number of hydrogen-bond donors (Lipinski definition) is 3. The standard InChI is InChI=1S/C17H33N3O/c1-2-4-14-5-3-6-15(14)12-19-17(21)20-16-9-7-13(11-18)8-10-16/h13-16H,2-12,18H2,1H3,(H2,19,20,21). The number of nitrogens with one attached hydrogen (secondary N) is 2. The second-order valence-electron chi connectivity index (χ2n) is 7.05. The van der Waals surface area contributed by atoms with Crippen LogP contribution in [0.15, 0.2) is 0 Å². The topological polar surface area (TPSA) is 67.2 Å². The molecule has 122 valence electrons. The monoisotopic (exact) mass is 295 g/mol.